The molecule has 0 bridgehead atoms. The van der Waals surface area contributed by atoms with Crippen LogP contribution in [-0.4, -0.2) is 65.2 Å². The summed E-state index contributed by atoms with van der Waals surface area (Å²) in [6, 6.07) is 28.6. The maximum atomic E-state index is 10.8. The maximum Gasteiger partial charge on any atom is 0.695 e. The molecule has 1 heterocycles. The van der Waals surface area contributed by atoms with Crippen molar-refractivity contribution in [1.29, 1.82) is 0 Å². The Kier molecular flexibility index (Phi) is 13.6. The molecule has 0 saturated carbocycles. The van der Waals surface area contributed by atoms with E-state index in [0.29, 0.717) is 17.9 Å². The first-order valence-electron chi connectivity index (χ1n) is 13.8. The predicted molar refractivity (Wildman–Crippen MR) is 156 cm³/mol. The van der Waals surface area contributed by atoms with E-state index < -0.39 is 14.4 Å². The van der Waals surface area contributed by atoms with Gasteiger partial charge in [0, 0.05) is 42.9 Å². The van der Waals surface area contributed by atoms with Gasteiger partial charge in [0.15, 0.2) is 0 Å². The Morgan fingerprint density at radius 1 is 0.821 bits per heavy atom. The van der Waals surface area contributed by atoms with Crippen LogP contribution >= 0.6 is 8.25 Å². The molecule has 3 aromatic rings. The van der Waals surface area contributed by atoms with Crippen molar-refractivity contribution >= 4 is 8.25 Å². The minimum absolute atomic E-state index is 0.0239. The third-order valence-electron chi connectivity index (χ3n) is 6.71. The van der Waals surface area contributed by atoms with E-state index >= 15 is 0 Å². The van der Waals surface area contributed by atoms with E-state index in [1.54, 1.807) is 12.1 Å². The van der Waals surface area contributed by atoms with Crippen LogP contribution in [0.4, 0.5) is 0 Å². The topological polar surface area (TPSA) is 82.5 Å². The van der Waals surface area contributed by atoms with Crippen LogP contribution in [0.25, 0.3) is 0 Å². The summed E-state index contributed by atoms with van der Waals surface area (Å²) in [5, 5.41) is 10.6. The van der Waals surface area contributed by atoms with Crippen LogP contribution < -0.4 is 4.74 Å². The Morgan fingerprint density at radius 2 is 1.36 bits per heavy atom. The van der Waals surface area contributed by atoms with E-state index in [4.69, 9.17) is 14.2 Å². The highest BCUT2D eigenvalue weighted by molar-refractivity contribution is 7.32. The lowest BCUT2D eigenvalue weighted by atomic mass is 9.96. The average molecular weight is 554 g/mol. The number of unbranched alkanes of at least 4 members (excludes halogenated alkanes) is 1. The third kappa shape index (κ3) is 10.5. The monoisotopic (exact) mass is 553 g/mol. The second-order valence-electron chi connectivity index (χ2n) is 9.64. The number of hydrogen-bond acceptors (Lipinski definition) is 6. The van der Waals surface area contributed by atoms with Crippen LogP contribution in [0.5, 0.6) is 5.75 Å². The molecule has 0 aliphatic carbocycles. The average Bonchev–Trinajstić information content (AvgIpc) is 2.97. The molecule has 1 fully saturated rings. The minimum Gasteiger partial charge on any atom is -0.490 e. The number of aliphatic hydroxyl groups excluding tert-OH is 1. The van der Waals surface area contributed by atoms with Gasteiger partial charge in [-0.05, 0) is 17.2 Å². The molecule has 39 heavy (non-hydrogen) atoms. The van der Waals surface area contributed by atoms with Crippen LogP contribution in [-0.2, 0) is 15.7 Å². The summed E-state index contributed by atoms with van der Waals surface area (Å²) in [6.45, 7) is 8.53. The van der Waals surface area contributed by atoms with Gasteiger partial charge in [-0.3, -0.25) is 9.80 Å². The molecule has 1 aliphatic rings. The summed E-state index contributed by atoms with van der Waals surface area (Å²) in [6.07, 6.45) is 1.99. The molecule has 2 atom stereocenters. The van der Waals surface area contributed by atoms with Crippen molar-refractivity contribution in [2.24, 2.45) is 0 Å². The van der Waals surface area contributed by atoms with Gasteiger partial charge in [0.2, 0.25) is 0 Å². The molecule has 7 nitrogen and oxygen atoms in total. The summed E-state index contributed by atoms with van der Waals surface area (Å²) in [4.78, 5) is 13.7. The van der Waals surface area contributed by atoms with E-state index in [1.165, 1.54) is 24.0 Å². The molecule has 3 aromatic carbocycles. The fourth-order valence-corrected chi connectivity index (χ4v) is 4.76. The minimum atomic E-state index is -2.67. The van der Waals surface area contributed by atoms with Gasteiger partial charge in [-0.15, -0.1) is 9.42 Å². The predicted octanol–water partition coefficient (Wildman–Crippen LogP) is 5.81. The molecule has 4 rings (SSSR count). The fraction of sp³-hybridized carbons (Fsp3) is 0.419. The second kappa shape index (κ2) is 17.1. The van der Waals surface area contributed by atoms with E-state index in [2.05, 4.69) is 72.2 Å². The van der Waals surface area contributed by atoms with Gasteiger partial charge in [0.1, 0.15) is 25.1 Å². The van der Waals surface area contributed by atoms with Crippen molar-refractivity contribution in [3.8, 4) is 5.75 Å². The summed E-state index contributed by atoms with van der Waals surface area (Å²) >= 11 is 0. The Labute approximate surface area is 234 Å². The highest BCUT2D eigenvalue weighted by atomic mass is 31.1. The molecule has 0 amide bonds. The van der Waals surface area contributed by atoms with Crippen LogP contribution in [0.15, 0.2) is 84.9 Å². The van der Waals surface area contributed by atoms with Crippen LogP contribution in [0.2, 0.25) is 0 Å². The largest absolute Gasteiger partial charge is 0.695 e. The number of aliphatic hydroxyl groups is 1. The molecule has 0 radical (unpaired) electrons. The number of piperazine rings is 1. The lowest BCUT2D eigenvalue weighted by Gasteiger charge is -2.40. The fourth-order valence-electron chi connectivity index (χ4n) is 4.51. The van der Waals surface area contributed by atoms with Crippen LogP contribution in [0.1, 0.15) is 49.4 Å². The normalized spacial score (nSPS) is 15.4. The summed E-state index contributed by atoms with van der Waals surface area (Å²) < 4.78 is 21.4. The SMILES string of the molecule is CCCC.O=[P+](O)OCc1ccccc1OCC(O)CN1CCN(C(c2ccccc2)c2ccccc2)CC1. The van der Waals surface area contributed by atoms with Gasteiger partial charge < -0.3 is 9.84 Å². The Morgan fingerprint density at radius 3 is 1.90 bits per heavy atom. The zero-order valence-electron chi connectivity index (χ0n) is 23.1. The Hall–Kier alpha value is -2.64. The number of hydrogen-bond donors (Lipinski definition) is 2. The number of β-amino-alcohol motifs (C(OH)–C–C–N with tert-alkyl or cyclic N) is 1. The number of para-hydroxylation sites is 1. The van der Waals surface area contributed by atoms with Crippen LogP contribution in [0.3, 0.4) is 0 Å². The second-order valence-corrected chi connectivity index (χ2v) is 10.4. The Balaban J connectivity index is 0.000000983. The van der Waals surface area contributed by atoms with Crippen molar-refractivity contribution < 1.29 is 23.8 Å². The molecule has 210 valence electrons. The first-order chi connectivity index (χ1) is 19.0. The standard InChI is InChI=1S/C27H31N2O5P.C4H10/c30-25(21-33-26-14-8-7-13-24(26)20-34-35(31)32)19-28-15-17-29(18-16-28)27(22-9-3-1-4-10-22)23-11-5-2-6-12-23;1-3-4-2/h1-14,25,27,30H,15-21H2;3-4H2,1-2H3/p+1. The van der Waals surface area contributed by atoms with Gasteiger partial charge in [0.25, 0.3) is 0 Å². The highest BCUT2D eigenvalue weighted by Crippen LogP contribution is 2.29. The number of nitrogens with zero attached hydrogens (tertiary/aromatic N) is 2. The molecule has 0 spiro atoms. The molecule has 1 aliphatic heterocycles. The van der Waals surface area contributed by atoms with Crippen molar-refractivity contribution in [1.82, 2.24) is 9.80 Å². The van der Waals surface area contributed by atoms with E-state index in [1.807, 2.05) is 24.3 Å². The number of ether oxygens (including phenoxy) is 1. The number of rotatable bonds is 12. The van der Waals surface area contributed by atoms with Gasteiger partial charge in [-0.2, -0.15) is 0 Å². The lowest BCUT2D eigenvalue weighted by Crippen LogP contribution is -2.50. The lowest BCUT2D eigenvalue weighted by molar-refractivity contribution is 0.0397. The molecular weight excluding hydrogens is 511 g/mol. The zero-order chi connectivity index (χ0) is 27.9. The van der Waals surface area contributed by atoms with Crippen LogP contribution in [0, 0.1) is 0 Å². The number of benzene rings is 3. The highest BCUT2D eigenvalue weighted by Gasteiger charge is 2.27. The molecule has 1 saturated heterocycles. The third-order valence-corrected chi connectivity index (χ3v) is 7.06. The summed E-state index contributed by atoms with van der Waals surface area (Å²) in [7, 11) is -2.67. The Bertz CT molecular complexity index is 1050. The summed E-state index contributed by atoms with van der Waals surface area (Å²) in [5.74, 6) is 0.543. The van der Waals surface area contributed by atoms with Crippen molar-refractivity contribution in [3.05, 3.63) is 102 Å². The molecule has 0 aromatic heterocycles. The zero-order valence-corrected chi connectivity index (χ0v) is 24.0. The van der Waals surface area contributed by atoms with Gasteiger partial charge in [0.05, 0.1) is 6.04 Å². The van der Waals surface area contributed by atoms with Gasteiger partial charge in [-0.1, -0.05) is 106 Å². The van der Waals surface area contributed by atoms with Crippen molar-refractivity contribution in [2.45, 2.75) is 45.4 Å². The van der Waals surface area contributed by atoms with E-state index in [0.717, 1.165) is 26.2 Å². The van der Waals surface area contributed by atoms with Crippen molar-refractivity contribution in [2.75, 3.05) is 39.3 Å². The molecule has 2 N–H and O–H groups in total. The smallest absolute Gasteiger partial charge is 0.490 e. The quantitative estimate of drug-likeness (QED) is 0.274. The molecule has 8 heteroatoms. The maximum absolute atomic E-state index is 10.8. The summed E-state index contributed by atoms with van der Waals surface area (Å²) in [5.41, 5.74) is 3.24. The first-order valence-corrected chi connectivity index (χ1v) is 14.9. The van der Waals surface area contributed by atoms with E-state index in [9.17, 15) is 9.67 Å². The van der Waals surface area contributed by atoms with Gasteiger partial charge >= 0.3 is 8.25 Å². The van der Waals surface area contributed by atoms with Crippen molar-refractivity contribution in [3.63, 3.8) is 0 Å². The van der Waals surface area contributed by atoms with E-state index in [-0.39, 0.29) is 19.3 Å². The molecular formula is C31H42N2O5P+. The molecule has 2 unspecified atom stereocenters. The first kappa shape index (κ1) is 30.9. The van der Waals surface area contributed by atoms with Gasteiger partial charge in [-0.25, -0.2) is 0 Å².